The Labute approximate surface area is 96.8 Å². The molecule has 3 rings (SSSR count). The summed E-state index contributed by atoms with van der Waals surface area (Å²) in [7, 11) is 0. The quantitative estimate of drug-likeness (QED) is 0.682. The van der Waals surface area contributed by atoms with Crippen molar-refractivity contribution < 1.29 is 0 Å². The van der Waals surface area contributed by atoms with Crippen LogP contribution in [0.15, 0.2) is 41.3 Å². The minimum atomic E-state index is -0.225. The minimum Gasteiger partial charge on any atom is -0.304 e. The predicted molar refractivity (Wildman–Crippen MR) is 64.2 cm³/mol. The Morgan fingerprint density at radius 3 is 2.94 bits per heavy atom. The molecule has 0 atom stereocenters. The van der Waals surface area contributed by atoms with Gasteiger partial charge in [0, 0.05) is 11.9 Å². The molecule has 3 aromatic rings. The lowest BCUT2D eigenvalue weighted by Crippen LogP contribution is -2.16. The zero-order chi connectivity index (χ0) is 11.8. The Hall–Kier alpha value is -2.43. The van der Waals surface area contributed by atoms with E-state index in [-0.39, 0.29) is 5.69 Å². The molecule has 0 saturated carbocycles. The number of hydrogen-bond donors (Lipinski definition) is 1. The first-order chi connectivity index (χ1) is 8.25. The third-order valence-corrected chi connectivity index (χ3v) is 2.55. The molecule has 0 aromatic carbocycles. The maximum atomic E-state index is 11.9. The van der Waals surface area contributed by atoms with E-state index in [4.69, 9.17) is 0 Å². The summed E-state index contributed by atoms with van der Waals surface area (Å²) in [5, 5.41) is 0. The van der Waals surface area contributed by atoms with Crippen molar-refractivity contribution in [2.75, 3.05) is 0 Å². The molecule has 0 aliphatic rings. The number of hydrogen-bond acceptors (Lipinski definition) is 3. The topological polar surface area (TPSA) is 63.6 Å². The van der Waals surface area contributed by atoms with Crippen LogP contribution in [0.25, 0.3) is 17.0 Å². The van der Waals surface area contributed by atoms with E-state index in [1.54, 1.807) is 18.3 Å². The third-order valence-electron chi connectivity index (χ3n) is 2.55. The van der Waals surface area contributed by atoms with E-state index in [0.29, 0.717) is 17.0 Å². The van der Waals surface area contributed by atoms with Crippen LogP contribution in [-0.4, -0.2) is 19.5 Å². The molecule has 0 unspecified atom stereocenters. The predicted octanol–water partition coefficient (Wildman–Crippen LogP) is 1.42. The number of rotatable bonds is 1. The first-order valence-electron chi connectivity index (χ1n) is 5.25. The average molecular weight is 226 g/mol. The number of nitrogens with zero attached hydrogens (tertiary/aromatic N) is 3. The Morgan fingerprint density at radius 2 is 2.12 bits per heavy atom. The smallest absolute Gasteiger partial charge is 0.304 e. The highest BCUT2D eigenvalue weighted by Crippen LogP contribution is 2.11. The number of aromatic nitrogens is 4. The first kappa shape index (κ1) is 9.77. The molecular weight excluding hydrogens is 216 g/mol. The summed E-state index contributed by atoms with van der Waals surface area (Å²) in [5.74, 6) is 0.583. The first-order valence-corrected chi connectivity index (χ1v) is 5.25. The summed E-state index contributed by atoms with van der Waals surface area (Å²) in [5.41, 5.74) is 1.94. The van der Waals surface area contributed by atoms with Crippen LogP contribution in [-0.2, 0) is 0 Å². The average Bonchev–Trinajstić information content (AvgIpc) is 2.64. The molecule has 3 aromatic heterocycles. The molecule has 3 heterocycles. The number of fused-ring (bicyclic) bond motifs is 1. The van der Waals surface area contributed by atoms with Gasteiger partial charge in [-0.15, -0.1) is 0 Å². The summed E-state index contributed by atoms with van der Waals surface area (Å²) >= 11 is 0. The van der Waals surface area contributed by atoms with Crippen molar-refractivity contribution in [3.63, 3.8) is 0 Å². The second kappa shape index (κ2) is 3.55. The molecule has 0 saturated heterocycles. The van der Waals surface area contributed by atoms with Gasteiger partial charge in [-0.1, -0.05) is 6.07 Å². The third kappa shape index (κ3) is 1.52. The van der Waals surface area contributed by atoms with Crippen LogP contribution in [0.1, 0.15) is 5.69 Å². The van der Waals surface area contributed by atoms with Crippen molar-refractivity contribution >= 4 is 11.2 Å². The molecule has 0 amide bonds. The molecule has 0 bridgehead atoms. The maximum absolute atomic E-state index is 11.9. The van der Waals surface area contributed by atoms with E-state index in [1.165, 1.54) is 4.57 Å². The van der Waals surface area contributed by atoms with E-state index >= 15 is 0 Å². The molecule has 0 spiro atoms. The summed E-state index contributed by atoms with van der Waals surface area (Å²) in [6.07, 6.45) is 1.65. The molecule has 0 fully saturated rings. The van der Waals surface area contributed by atoms with Crippen LogP contribution < -0.4 is 5.69 Å². The van der Waals surface area contributed by atoms with E-state index < -0.39 is 0 Å². The normalized spacial score (nSPS) is 10.9. The minimum absolute atomic E-state index is 0.225. The second-order valence-electron chi connectivity index (χ2n) is 3.78. The van der Waals surface area contributed by atoms with Gasteiger partial charge in [-0.3, -0.25) is 0 Å². The van der Waals surface area contributed by atoms with Crippen LogP contribution in [0.3, 0.4) is 0 Å². The Morgan fingerprint density at radius 1 is 1.24 bits per heavy atom. The summed E-state index contributed by atoms with van der Waals surface area (Å²) in [4.78, 5) is 23.2. The van der Waals surface area contributed by atoms with Crippen molar-refractivity contribution in [3.05, 3.63) is 52.7 Å². The molecule has 17 heavy (non-hydrogen) atoms. The van der Waals surface area contributed by atoms with Gasteiger partial charge in [0.05, 0.1) is 5.52 Å². The number of aromatic amines is 1. The standard InChI is InChI=1S/C12H10N4O/c1-8-4-2-6-10(14-8)16-11-9(15-12(16)17)5-3-7-13-11/h2-7H,1H3,(H,15,17). The summed E-state index contributed by atoms with van der Waals surface area (Å²) in [6, 6.07) is 9.14. The number of H-pyrrole nitrogens is 1. The molecule has 0 aliphatic heterocycles. The van der Waals surface area contributed by atoms with Crippen LogP contribution in [0.5, 0.6) is 0 Å². The highest BCUT2D eigenvalue weighted by molar-refractivity contribution is 5.71. The van der Waals surface area contributed by atoms with Crippen molar-refractivity contribution in [1.29, 1.82) is 0 Å². The summed E-state index contributed by atoms with van der Waals surface area (Å²) in [6.45, 7) is 1.89. The van der Waals surface area contributed by atoms with Gasteiger partial charge in [-0.2, -0.15) is 0 Å². The van der Waals surface area contributed by atoms with Gasteiger partial charge in [-0.05, 0) is 31.2 Å². The van der Waals surface area contributed by atoms with Crippen molar-refractivity contribution in [2.24, 2.45) is 0 Å². The van der Waals surface area contributed by atoms with Gasteiger partial charge in [0.1, 0.15) is 5.82 Å². The van der Waals surface area contributed by atoms with Gasteiger partial charge >= 0.3 is 5.69 Å². The fourth-order valence-corrected chi connectivity index (χ4v) is 1.81. The van der Waals surface area contributed by atoms with Crippen LogP contribution >= 0.6 is 0 Å². The number of aryl methyl sites for hydroxylation is 1. The Bertz CT molecular complexity index is 741. The number of pyridine rings is 2. The van der Waals surface area contributed by atoms with E-state index in [1.807, 2.05) is 25.1 Å². The van der Waals surface area contributed by atoms with E-state index in [9.17, 15) is 4.79 Å². The highest BCUT2D eigenvalue weighted by atomic mass is 16.1. The van der Waals surface area contributed by atoms with Crippen molar-refractivity contribution in [2.45, 2.75) is 6.92 Å². The van der Waals surface area contributed by atoms with Gasteiger partial charge in [-0.25, -0.2) is 19.3 Å². The maximum Gasteiger partial charge on any atom is 0.333 e. The molecule has 0 aliphatic carbocycles. The zero-order valence-corrected chi connectivity index (χ0v) is 9.21. The number of imidazole rings is 1. The fraction of sp³-hybridized carbons (Fsp3) is 0.0833. The Kier molecular flexibility index (Phi) is 2.04. The van der Waals surface area contributed by atoms with E-state index in [2.05, 4.69) is 15.0 Å². The molecule has 5 heteroatoms. The lowest BCUT2D eigenvalue weighted by Gasteiger charge is -2.01. The van der Waals surface area contributed by atoms with Gasteiger partial charge in [0.15, 0.2) is 5.65 Å². The lowest BCUT2D eigenvalue weighted by molar-refractivity contribution is 0.941. The highest BCUT2D eigenvalue weighted by Gasteiger charge is 2.09. The van der Waals surface area contributed by atoms with Crippen LogP contribution in [0.2, 0.25) is 0 Å². The van der Waals surface area contributed by atoms with Gasteiger partial charge < -0.3 is 4.98 Å². The van der Waals surface area contributed by atoms with Crippen LogP contribution in [0.4, 0.5) is 0 Å². The summed E-state index contributed by atoms with van der Waals surface area (Å²) < 4.78 is 1.47. The Balaban J connectivity index is 2.37. The second-order valence-corrected chi connectivity index (χ2v) is 3.78. The largest absolute Gasteiger partial charge is 0.333 e. The molecule has 5 nitrogen and oxygen atoms in total. The molecule has 1 N–H and O–H groups in total. The van der Waals surface area contributed by atoms with Gasteiger partial charge in [0.2, 0.25) is 0 Å². The fourth-order valence-electron chi connectivity index (χ4n) is 1.81. The monoisotopic (exact) mass is 226 g/mol. The van der Waals surface area contributed by atoms with E-state index in [0.717, 1.165) is 5.69 Å². The van der Waals surface area contributed by atoms with Gasteiger partial charge in [0.25, 0.3) is 0 Å². The number of nitrogens with one attached hydrogen (secondary N) is 1. The van der Waals surface area contributed by atoms with Crippen molar-refractivity contribution in [1.82, 2.24) is 19.5 Å². The molecular formula is C12H10N4O. The molecule has 0 radical (unpaired) electrons. The molecule has 84 valence electrons. The van der Waals surface area contributed by atoms with Crippen molar-refractivity contribution in [3.8, 4) is 5.82 Å². The lowest BCUT2D eigenvalue weighted by atomic mass is 10.3. The SMILES string of the molecule is Cc1cccc(-n2c(=O)[nH]c3cccnc32)n1. The zero-order valence-electron chi connectivity index (χ0n) is 9.21. The van der Waals surface area contributed by atoms with Crippen LogP contribution in [0, 0.1) is 6.92 Å².